The van der Waals surface area contributed by atoms with E-state index in [0.717, 1.165) is 37.9 Å². The maximum Gasteiger partial charge on any atom is 2.00 e. The van der Waals surface area contributed by atoms with E-state index in [1.807, 2.05) is 0 Å². The first-order valence-corrected chi connectivity index (χ1v) is 7.64. The van der Waals surface area contributed by atoms with E-state index in [1.54, 1.807) is 0 Å². The van der Waals surface area contributed by atoms with Crippen LogP contribution in [-0.4, -0.2) is 43.1 Å². The van der Waals surface area contributed by atoms with Crippen LogP contribution in [0, 0.1) is 18.3 Å². The van der Waals surface area contributed by atoms with Crippen LogP contribution in [0.4, 0.5) is 0 Å². The Bertz CT molecular complexity index is 171. The Morgan fingerprint density at radius 2 is 1.60 bits per heavy atom. The summed E-state index contributed by atoms with van der Waals surface area (Å²) in [5.74, 6) is 1.63. The van der Waals surface area contributed by atoms with Crippen LogP contribution in [0.5, 0.6) is 0 Å². The van der Waals surface area contributed by atoms with Gasteiger partial charge in [-0.15, -0.1) is 0 Å². The molecule has 0 aromatic carbocycles. The van der Waals surface area contributed by atoms with Gasteiger partial charge in [-0.2, -0.15) is 13.3 Å². The summed E-state index contributed by atoms with van der Waals surface area (Å²) < 4.78 is 10.8. The van der Waals surface area contributed by atoms with Crippen molar-refractivity contribution < 1.29 is 21.9 Å². The Balaban J connectivity index is -0.00000144. The second-order valence-corrected chi connectivity index (χ2v) is 5.52. The molecule has 0 N–H and O–H groups in total. The third-order valence-electron chi connectivity index (χ3n) is 3.24. The Labute approximate surface area is 149 Å². The normalized spacial score (nSPS) is 13.2. The molecular weight excluding hydrogens is 284 g/mol. The Morgan fingerprint density at radius 1 is 1.00 bits per heavy atom. The van der Waals surface area contributed by atoms with Crippen molar-refractivity contribution >= 4 is 23.1 Å². The van der Waals surface area contributed by atoms with E-state index in [9.17, 15) is 0 Å². The Kier molecular flexibility index (Phi) is 25.9. The molecule has 2 nitrogen and oxygen atoms in total. The first-order chi connectivity index (χ1) is 8.70. The van der Waals surface area contributed by atoms with Crippen LogP contribution in [0.25, 0.3) is 0 Å². The zero-order chi connectivity index (χ0) is 13.6. The van der Waals surface area contributed by atoms with Gasteiger partial charge in [0.1, 0.15) is 6.79 Å². The van der Waals surface area contributed by atoms with Gasteiger partial charge in [0.15, 0.2) is 0 Å². The van der Waals surface area contributed by atoms with Crippen LogP contribution in [0.3, 0.4) is 0 Å². The van der Waals surface area contributed by atoms with Gasteiger partial charge in [0.05, 0.1) is 0 Å². The van der Waals surface area contributed by atoms with Gasteiger partial charge < -0.3 is 28.3 Å². The Morgan fingerprint density at radius 3 is 2.15 bits per heavy atom. The molecule has 0 aromatic rings. The molecule has 0 heterocycles. The van der Waals surface area contributed by atoms with Gasteiger partial charge in [0.25, 0.3) is 0 Å². The van der Waals surface area contributed by atoms with E-state index >= 15 is 0 Å². The maximum atomic E-state index is 5.45. The minimum atomic E-state index is 0. The molecule has 2 unspecified atom stereocenters. The fourth-order valence-corrected chi connectivity index (χ4v) is 2.26. The molecule has 0 aromatic heterocycles. The van der Waals surface area contributed by atoms with Gasteiger partial charge in [0, 0.05) is 13.2 Å². The standard InChI is InChI=1S/C16H33O2.ClH.Mg/c1-5-7-11-17-14-18-12-8-10-16(4)13-15(3)9-6-2;;/h6,15-16H,5,7-14H2,1-4H3;1H;/q-1;;+2/p-1. The molecule has 0 saturated heterocycles. The van der Waals surface area contributed by atoms with E-state index in [2.05, 4.69) is 34.1 Å². The molecule has 20 heavy (non-hydrogen) atoms. The SMILES string of the molecule is C[CH-]CC(C)CC(C)CCCOCOCCCC.[Cl-].[Mg+2]. The first-order valence-electron chi connectivity index (χ1n) is 7.64. The monoisotopic (exact) mass is 316 g/mol. The fourth-order valence-electron chi connectivity index (χ4n) is 2.26. The number of hydrogen-bond acceptors (Lipinski definition) is 2. The van der Waals surface area contributed by atoms with E-state index < -0.39 is 0 Å². The average Bonchev–Trinajstić information content (AvgIpc) is 2.32. The zero-order valence-corrected chi connectivity index (χ0v) is 16.2. The summed E-state index contributed by atoms with van der Waals surface area (Å²) >= 11 is 0. The van der Waals surface area contributed by atoms with E-state index in [-0.39, 0.29) is 35.5 Å². The molecule has 0 bridgehead atoms. The van der Waals surface area contributed by atoms with Crippen molar-refractivity contribution in [3.63, 3.8) is 0 Å². The summed E-state index contributed by atoms with van der Waals surface area (Å²) in [6, 6.07) is 0. The van der Waals surface area contributed by atoms with Gasteiger partial charge >= 0.3 is 23.1 Å². The fraction of sp³-hybridized carbons (Fsp3) is 0.938. The molecule has 4 heteroatoms. The smallest absolute Gasteiger partial charge is 1.00 e. The van der Waals surface area contributed by atoms with E-state index in [1.165, 1.54) is 25.7 Å². The van der Waals surface area contributed by atoms with Crippen LogP contribution in [-0.2, 0) is 9.47 Å². The largest absolute Gasteiger partial charge is 2.00 e. The third kappa shape index (κ3) is 19.0. The minimum Gasteiger partial charge on any atom is -1.00 e. The zero-order valence-electron chi connectivity index (χ0n) is 14.0. The number of ether oxygens (including phenoxy) is 2. The third-order valence-corrected chi connectivity index (χ3v) is 3.24. The second-order valence-electron chi connectivity index (χ2n) is 5.52. The van der Waals surface area contributed by atoms with Crippen LogP contribution >= 0.6 is 0 Å². The molecule has 0 fully saturated rings. The van der Waals surface area contributed by atoms with Gasteiger partial charge in [-0.1, -0.05) is 39.5 Å². The summed E-state index contributed by atoms with van der Waals surface area (Å²) in [5, 5.41) is 0. The molecule has 0 rings (SSSR count). The van der Waals surface area contributed by atoms with Gasteiger partial charge in [-0.25, -0.2) is 0 Å². The molecular formula is C16H33ClMgO2. The van der Waals surface area contributed by atoms with Crippen LogP contribution in [0.2, 0.25) is 0 Å². The number of halogens is 1. The predicted octanol–water partition coefficient (Wildman–Crippen LogP) is 1.46. The molecule has 0 saturated carbocycles. The summed E-state index contributed by atoms with van der Waals surface area (Å²) in [5.41, 5.74) is 0. The van der Waals surface area contributed by atoms with Crippen LogP contribution < -0.4 is 12.4 Å². The molecule has 0 aliphatic rings. The summed E-state index contributed by atoms with van der Waals surface area (Å²) in [4.78, 5) is 0. The van der Waals surface area contributed by atoms with Crippen molar-refractivity contribution in [1.82, 2.24) is 0 Å². The van der Waals surface area contributed by atoms with E-state index in [4.69, 9.17) is 9.47 Å². The van der Waals surface area contributed by atoms with Crippen molar-refractivity contribution in [1.29, 1.82) is 0 Å². The number of hydrogen-bond donors (Lipinski definition) is 0. The topological polar surface area (TPSA) is 18.5 Å². The van der Waals surface area contributed by atoms with Crippen molar-refractivity contribution in [2.45, 2.75) is 66.2 Å². The average molecular weight is 317 g/mol. The van der Waals surface area contributed by atoms with Crippen LogP contribution in [0.1, 0.15) is 66.2 Å². The number of rotatable bonds is 13. The van der Waals surface area contributed by atoms with Crippen molar-refractivity contribution in [2.75, 3.05) is 20.0 Å². The van der Waals surface area contributed by atoms with Gasteiger partial charge in [-0.3, -0.25) is 0 Å². The molecule has 0 radical (unpaired) electrons. The predicted molar refractivity (Wildman–Crippen MR) is 84.2 cm³/mol. The summed E-state index contributed by atoms with van der Waals surface area (Å²) in [7, 11) is 0. The van der Waals surface area contributed by atoms with Crippen molar-refractivity contribution in [3.05, 3.63) is 6.42 Å². The van der Waals surface area contributed by atoms with Crippen LogP contribution in [0.15, 0.2) is 0 Å². The number of unbranched alkanes of at least 4 members (excludes halogenated alkanes) is 1. The molecule has 0 spiro atoms. The first kappa shape index (κ1) is 25.9. The van der Waals surface area contributed by atoms with Gasteiger partial charge in [-0.05, 0) is 25.2 Å². The Hall–Kier alpha value is 0.976. The van der Waals surface area contributed by atoms with Gasteiger partial charge in [0.2, 0.25) is 0 Å². The quantitative estimate of drug-likeness (QED) is 0.222. The summed E-state index contributed by atoms with van der Waals surface area (Å²) in [6.07, 6.45) is 9.58. The second kappa shape index (κ2) is 20.0. The molecule has 118 valence electrons. The van der Waals surface area contributed by atoms with Crippen molar-refractivity contribution in [2.24, 2.45) is 11.8 Å². The van der Waals surface area contributed by atoms with E-state index in [0.29, 0.717) is 6.79 Å². The maximum absolute atomic E-state index is 5.45. The van der Waals surface area contributed by atoms with Crippen molar-refractivity contribution in [3.8, 4) is 0 Å². The minimum absolute atomic E-state index is 0. The molecule has 0 aliphatic carbocycles. The molecule has 2 atom stereocenters. The summed E-state index contributed by atoms with van der Waals surface area (Å²) in [6.45, 7) is 11.1. The molecule has 0 amide bonds. The molecule has 0 aliphatic heterocycles.